The van der Waals surface area contributed by atoms with Gasteiger partial charge in [0.25, 0.3) is 0 Å². The van der Waals surface area contributed by atoms with E-state index in [1.165, 1.54) is 28.3 Å². The first-order valence-electron chi connectivity index (χ1n) is 10.7. The van der Waals surface area contributed by atoms with Gasteiger partial charge in [0, 0.05) is 54.6 Å². The van der Waals surface area contributed by atoms with E-state index in [1.54, 1.807) is 31.2 Å². The number of benzene rings is 1. The maximum atomic E-state index is 15.4. The highest BCUT2D eigenvalue weighted by molar-refractivity contribution is 6.32. The predicted molar refractivity (Wildman–Crippen MR) is 133 cm³/mol. The number of hydrogen-bond acceptors (Lipinski definition) is 6. The molecule has 34 heavy (non-hydrogen) atoms. The fourth-order valence-electron chi connectivity index (χ4n) is 3.76. The maximum absolute atomic E-state index is 15.4. The third-order valence-corrected chi connectivity index (χ3v) is 5.71. The van der Waals surface area contributed by atoms with E-state index >= 15 is 4.39 Å². The number of nitrogens with one attached hydrogen (secondary N) is 2. The molecule has 2 aromatic heterocycles. The van der Waals surface area contributed by atoms with E-state index in [9.17, 15) is 4.79 Å². The van der Waals surface area contributed by atoms with E-state index in [1.807, 2.05) is 0 Å². The number of aliphatic hydroxyl groups is 1. The second-order valence-electron chi connectivity index (χ2n) is 7.48. The van der Waals surface area contributed by atoms with Gasteiger partial charge in [-0.05, 0) is 25.1 Å². The summed E-state index contributed by atoms with van der Waals surface area (Å²) >= 11 is 12.5. The zero-order valence-electron chi connectivity index (χ0n) is 18.4. The molecule has 0 radical (unpaired) electrons. The average molecular weight is 505 g/mol. The number of fused-ring (bicyclic) bond motifs is 3. The van der Waals surface area contributed by atoms with Crippen LogP contribution in [0.2, 0.25) is 10.0 Å². The van der Waals surface area contributed by atoms with Crippen molar-refractivity contribution in [3.8, 4) is 11.1 Å². The van der Waals surface area contributed by atoms with Crippen LogP contribution in [-0.2, 0) is 0 Å². The van der Waals surface area contributed by atoms with Crippen LogP contribution < -0.4 is 20.4 Å². The van der Waals surface area contributed by atoms with Gasteiger partial charge in [-0.1, -0.05) is 29.3 Å². The van der Waals surface area contributed by atoms with E-state index in [2.05, 4.69) is 20.6 Å². The van der Waals surface area contributed by atoms with Gasteiger partial charge < -0.3 is 15.7 Å². The zero-order chi connectivity index (χ0) is 24.2. The Balaban J connectivity index is 1.77. The number of anilines is 4. The first kappa shape index (κ1) is 24.2. The highest BCUT2D eigenvalue weighted by Gasteiger charge is 2.35. The molecule has 11 heteroatoms. The summed E-state index contributed by atoms with van der Waals surface area (Å²) in [4.78, 5) is 25.0. The number of nitrogens with zero attached hydrogens (tertiary/aromatic N) is 4. The lowest BCUT2D eigenvalue weighted by molar-refractivity contribution is 0.253. The molecular formula is C23H23Cl2FN6O2. The van der Waals surface area contributed by atoms with Gasteiger partial charge in [-0.15, -0.1) is 0 Å². The van der Waals surface area contributed by atoms with Crippen LogP contribution in [0.3, 0.4) is 0 Å². The third kappa shape index (κ3) is 4.78. The van der Waals surface area contributed by atoms with Crippen molar-refractivity contribution >= 4 is 52.2 Å². The van der Waals surface area contributed by atoms with Gasteiger partial charge >= 0.3 is 6.03 Å². The summed E-state index contributed by atoms with van der Waals surface area (Å²) in [5, 5.41) is 15.7. The van der Waals surface area contributed by atoms with E-state index in [4.69, 9.17) is 28.3 Å². The lowest BCUT2D eigenvalue weighted by Gasteiger charge is -2.27. The Morgan fingerprint density at radius 1 is 1.00 bits per heavy atom. The summed E-state index contributed by atoms with van der Waals surface area (Å²) in [5.41, 5.74) is 2.09. The van der Waals surface area contributed by atoms with Crippen LogP contribution in [-0.4, -0.2) is 53.9 Å². The Kier molecular flexibility index (Phi) is 7.47. The fourth-order valence-corrected chi connectivity index (χ4v) is 4.08. The Labute approximate surface area is 206 Å². The number of aromatic nitrogens is 2. The molecule has 1 aliphatic heterocycles. The van der Waals surface area contributed by atoms with Crippen molar-refractivity contribution in [2.75, 3.05) is 47.9 Å². The molecule has 4 rings (SSSR count). The first-order chi connectivity index (χ1) is 16.4. The Morgan fingerprint density at radius 3 is 2.53 bits per heavy atom. The molecule has 178 valence electrons. The quantitative estimate of drug-likeness (QED) is 0.385. The van der Waals surface area contributed by atoms with E-state index in [-0.39, 0.29) is 12.4 Å². The van der Waals surface area contributed by atoms with Crippen LogP contribution in [0.15, 0.2) is 42.7 Å². The van der Waals surface area contributed by atoms with Gasteiger partial charge in [0.05, 0.1) is 29.2 Å². The second-order valence-corrected chi connectivity index (χ2v) is 8.35. The largest absolute Gasteiger partial charge is 0.395 e. The molecule has 0 saturated carbocycles. The molecule has 1 aliphatic rings. The molecule has 0 unspecified atom stereocenters. The topological polar surface area (TPSA) is 93.6 Å². The molecule has 0 saturated heterocycles. The number of halogens is 3. The zero-order valence-corrected chi connectivity index (χ0v) is 19.9. The number of pyridine rings is 2. The molecule has 0 fully saturated rings. The van der Waals surface area contributed by atoms with Crippen LogP contribution in [0.5, 0.6) is 0 Å². The molecule has 3 heterocycles. The number of hydrogen-bond donors (Lipinski definition) is 3. The minimum Gasteiger partial charge on any atom is -0.395 e. The molecule has 0 bridgehead atoms. The summed E-state index contributed by atoms with van der Waals surface area (Å²) in [6.07, 6.45) is 2.93. The van der Waals surface area contributed by atoms with Crippen molar-refractivity contribution in [3.63, 3.8) is 0 Å². The molecule has 0 aliphatic carbocycles. The van der Waals surface area contributed by atoms with Crippen molar-refractivity contribution in [1.82, 2.24) is 15.3 Å². The number of aliphatic hydroxyl groups excluding tert-OH is 1. The molecule has 8 nitrogen and oxygen atoms in total. The molecule has 2 amide bonds. The molecule has 0 spiro atoms. The summed E-state index contributed by atoms with van der Waals surface area (Å²) < 4.78 is 15.4. The number of rotatable bonds is 8. The lowest BCUT2D eigenvalue weighted by atomic mass is 10.0. The molecule has 3 aromatic rings. The number of amides is 2. The van der Waals surface area contributed by atoms with E-state index < -0.39 is 11.8 Å². The van der Waals surface area contributed by atoms with Crippen LogP contribution in [0.25, 0.3) is 11.1 Å². The molecule has 0 atom stereocenters. The van der Waals surface area contributed by atoms with Crippen molar-refractivity contribution in [2.24, 2.45) is 0 Å². The van der Waals surface area contributed by atoms with Gasteiger partial charge in [-0.25, -0.2) is 24.1 Å². The van der Waals surface area contributed by atoms with Crippen molar-refractivity contribution in [2.45, 2.75) is 6.92 Å². The first-order valence-corrected chi connectivity index (χ1v) is 11.5. The Bertz CT molecular complexity index is 1210. The van der Waals surface area contributed by atoms with E-state index in [0.29, 0.717) is 64.5 Å². The summed E-state index contributed by atoms with van der Waals surface area (Å²) in [7, 11) is 0. The lowest BCUT2D eigenvalue weighted by Crippen LogP contribution is -2.41. The van der Waals surface area contributed by atoms with E-state index in [0.717, 1.165) is 0 Å². The van der Waals surface area contributed by atoms with Gasteiger partial charge in [0.15, 0.2) is 11.6 Å². The van der Waals surface area contributed by atoms with Gasteiger partial charge in [-0.2, -0.15) is 0 Å². The van der Waals surface area contributed by atoms with Gasteiger partial charge in [-0.3, -0.25) is 4.90 Å². The minimum atomic E-state index is -0.680. The van der Waals surface area contributed by atoms with Crippen LogP contribution in [0.4, 0.5) is 32.2 Å². The fraction of sp³-hybridized carbons (Fsp3) is 0.261. The highest BCUT2D eigenvalue weighted by Crippen LogP contribution is 2.45. The maximum Gasteiger partial charge on any atom is 0.336 e. The van der Waals surface area contributed by atoms with Crippen molar-refractivity contribution < 1.29 is 14.3 Å². The summed E-state index contributed by atoms with van der Waals surface area (Å²) in [6, 6.07) is 7.53. The number of carbonyl (C=O) groups excluding carboxylic acids is 1. The van der Waals surface area contributed by atoms with Gasteiger partial charge in [0.1, 0.15) is 5.82 Å². The SMILES string of the molecule is CCN1C(=O)N(c2ncc(NCCNCCO)cc2F)c2cc(Cl)ccc2-c2cc(Cl)cnc21. The standard InChI is InChI=1S/C23H23Cl2FN6O2/c1-2-31-21-18(9-15(25)12-29-21)17-4-3-14(24)10-20(17)32(23(31)34)22-19(26)11-16(13-30-22)28-6-5-27-7-8-33/h3-4,9-13,27-28,33H,2,5-8H2,1H3. The summed E-state index contributed by atoms with van der Waals surface area (Å²) in [6.45, 7) is 3.71. The Morgan fingerprint density at radius 2 is 1.79 bits per heavy atom. The smallest absolute Gasteiger partial charge is 0.336 e. The Hall–Kier alpha value is -2.98. The molecule has 3 N–H and O–H groups in total. The predicted octanol–water partition coefficient (Wildman–Crippen LogP) is 4.68. The highest BCUT2D eigenvalue weighted by atomic mass is 35.5. The monoisotopic (exact) mass is 504 g/mol. The van der Waals surface area contributed by atoms with Gasteiger partial charge in [0.2, 0.25) is 0 Å². The van der Waals surface area contributed by atoms with Crippen molar-refractivity contribution in [1.29, 1.82) is 0 Å². The summed E-state index contributed by atoms with van der Waals surface area (Å²) in [5.74, 6) is -0.424. The second kappa shape index (κ2) is 10.5. The average Bonchev–Trinajstić information content (AvgIpc) is 2.91. The van der Waals surface area contributed by atoms with Crippen molar-refractivity contribution in [3.05, 3.63) is 58.6 Å². The number of carbonyl (C=O) groups is 1. The molecule has 1 aromatic carbocycles. The number of urea groups is 1. The third-order valence-electron chi connectivity index (χ3n) is 5.27. The van der Waals surface area contributed by atoms with Crippen LogP contribution in [0.1, 0.15) is 6.92 Å². The molecular weight excluding hydrogens is 482 g/mol. The van der Waals surface area contributed by atoms with Crippen LogP contribution in [0, 0.1) is 5.82 Å². The minimum absolute atomic E-state index is 0.0423. The van der Waals surface area contributed by atoms with Crippen LogP contribution >= 0.6 is 23.2 Å². The normalized spacial score (nSPS) is 12.9.